The molecule has 2 rings (SSSR count). The van der Waals surface area contributed by atoms with E-state index in [9.17, 15) is 0 Å². The molecule has 0 aliphatic carbocycles. The first kappa shape index (κ1) is 17.4. The maximum absolute atomic E-state index is 5.84. The summed E-state index contributed by atoms with van der Waals surface area (Å²) in [6.45, 7) is 5.64. The van der Waals surface area contributed by atoms with Gasteiger partial charge in [0, 0.05) is 18.8 Å². The van der Waals surface area contributed by atoms with Crippen LogP contribution in [-0.2, 0) is 4.74 Å². The average molecular weight is 328 g/mol. The van der Waals surface area contributed by atoms with Gasteiger partial charge in [0.1, 0.15) is 0 Å². The number of ether oxygens (including phenoxy) is 1. The van der Waals surface area contributed by atoms with Gasteiger partial charge >= 0.3 is 0 Å². The van der Waals surface area contributed by atoms with Crippen LogP contribution in [-0.4, -0.2) is 18.3 Å². The van der Waals surface area contributed by atoms with E-state index in [1.807, 2.05) is 30.3 Å². The zero-order chi connectivity index (χ0) is 16.5. The first-order chi connectivity index (χ1) is 11.1. The SMILES string of the molecule is Cc1ccc(NC(=S)NCCCO[C@@H](C)c2ccccc2)cc1. The van der Waals surface area contributed by atoms with E-state index in [2.05, 4.69) is 48.7 Å². The lowest BCUT2D eigenvalue weighted by atomic mass is 10.1. The summed E-state index contributed by atoms with van der Waals surface area (Å²) in [7, 11) is 0. The summed E-state index contributed by atoms with van der Waals surface area (Å²) in [5, 5.41) is 7.02. The number of rotatable bonds is 7. The second kappa shape index (κ2) is 9.28. The van der Waals surface area contributed by atoms with Crippen LogP contribution in [0.1, 0.15) is 30.6 Å². The fourth-order valence-electron chi connectivity index (χ4n) is 2.17. The lowest BCUT2D eigenvalue weighted by Crippen LogP contribution is -2.29. The molecule has 0 saturated carbocycles. The molecule has 23 heavy (non-hydrogen) atoms. The molecule has 0 bridgehead atoms. The molecule has 2 aromatic rings. The molecule has 0 fully saturated rings. The van der Waals surface area contributed by atoms with Gasteiger partial charge in [-0.1, -0.05) is 48.0 Å². The summed E-state index contributed by atoms with van der Waals surface area (Å²) in [6.07, 6.45) is 1.03. The molecule has 0 heterocycles. The Labute approximate surface area is 144 Å². The number of aryl methyl sites for hydroxylation is 1. The molecule has 2 aromatic carbocycles. The monoisotopic (exact) mass is 328 g/mol. The van der Waals surface area contributed by atoms with E-state index in [4.69, 9.17) is 17.0 Å². The van der Waals surface area contributed by atoms with E-state index in [1.165, 1.54) is 11.1 Å². The second-order valence-corrected chi connectivity index (χ2v) is 5.93. The molecule has 0 radical (unpaired) electrons. The minimum absolute atomic E-state index is 0.119. The van der Waals surface area contributed by atoms with Crippen molar-refractivity contribution in [3.05, 3.63) is 65.7 Å². The molecule has 4 heteroatoms. The number of hydrogen-bond donors (Lipinski definition) is 2. The highest BCUT2D eigenvalue weighted by molar-refractivity contribution is 7.80. The summed E-state index contributed by atoms with van der Waals surface area (Å²) in [6, 6.07) is 18.4. The van der Waals surface area contributed by atoms with Gasteiger partial charge in [0.25, 0.3) is 0 Å². The number of hydrogen-bond acceptors (Lipinski definition) is 2. The summed E-state index contributed by atoms with van der Waals surface area (Å²) < 4.78 is 5.84. The van der Waals surface area contributed by atoms with Gasteiger partial charge in [-0.25, -0.2) is 0 Å². The first-order valence-corrected chi connectivity index (χ1v) is 8.34. The Bertz CT molecular complexity index is 599. The predicted octanol–water partition coefficient (Wildman–Crippen LogP) is 4.45. The fraction of sp³-hybridized carbons (Fsp3) is 0.316. The molecule has 0 amide bonds. The van der Waals surface area contributed by atoms with Crippen LogP contribution in [0.2, 0.25) is 0 Å². The third-order valence-electron chi connectivity index (χ3n) is 3.55. The van der Waals surface area contributed by atoms with Crippen molar-refractivity contribution in [1.29, 1.82) is 0 Å². The normalized spacial score (nSPS) is 11.7. The van der Waals surface area contributed by atoms with Crippen LogP contribution < -0.4 is 10.6 Å². The second-order valence-electron chi connectivity index (χ2n) is 5.52. The quantitative estimate of drug-likeness (QED) is 0.581. The van der Waals surface area contributed by atoms with E-state index < -0.39 is 0 Å². The van der Waals surface area contributed by atoms with Crippen molar-refractivity contribution in [1.82, 2.24) is 5.32 Å². The van der Waals surface area contributed by atoms with Crippen LogP contribution in [0.3, 0.4) is 0 Å². The van der Waals surface area contributed by atoms with E-state index in [0.717, 1.165) is 18.7 Å². The van der Waals surface area contributed by atoms with E-state index in [1.54, 1.807) is 0 Å². The Kier molecular flexibility index (Phi) is 7.04. The van der Waals surface area contributed by atoms with Gasteiger partial charge in [-0.3, -0.25) is 0 Å². The van der Waals surface area contributed by atoms with Crippen LogP contribution in [0.4, 0.5) is 5.69 Å². The van der Waals surface area contributed by atoms with Gasteiger partial charge in [-0.15, -0.1) is 0 Å². The summed E-state index contributed by atoms with van der Waals surface area (Å²) >= 11 is 5.28. The maximum Gasteiger partial charge on any atom is 0.170 e. The van der Waals surface area contributed by atoms with Crippen LogP contribution in [0.25, 0.3) is 0 Å². The highest BCUT2D eigenvalue weighted by Gasteiger charge is 2.04. The molecule has 1 atom stereocenters. The van der Waals surface area contributed by atoms with Gasteiger partial charge in [-0.2, -0.15) is 0 Å². The molecular formula is C19H24N2OS. The first-order valence-electron chi connectivity index (χ1n) is 7.93. The van der Waals surface area contributed by atoms with Crippen molar-refractivity contribution >= 4 is 23.0 Å². The number of benzene rings is 2. The molecule has 0 aromatic heterocycles. The molecule has 2 N–H and O–H groups in total. The topological polar surface area (TPSA) is 33.3 Å². The summed E-state index contributed by atoms with van der Waals surface area (Å²) in [5.41, 5.74) is 3.44. The Hall–Kier alpha value is -1.91. The minimum Gasteiger partial charge on any atom is -0.374 e. The summed E-state index contributed by atoms with van der Waals surface area (Å²) in [5.74, 6) is 0. The molecule has 0 aliphatic rings. The molecule has 0 aliphatic heterocycles. The zero-order valence-corrected chi connectivity index (χ0v) is 14.5. The van der Waals surface area contributed by atoms with Crippen molar-refractivity contribution in [3.63, 3.8) is 0 Å². The Morgan fingerprint density at radius 3 is 2.48 bits per heavy atom. The summed E-state index contributed by atoms with van der Waals surface area (Å²) in [4.78, 5) is 0. The Morgan fingerprint density at radius 1 is 1.09 bits per heavy atom. The highest BCUT2D eigenvalue weighted by atomic mass is 32.1. The van der Waals surface area contributed by atoms with Crippen LogP contribution >= 0.6 is 12.2 Å². The van der Waals surface area contributed by atoms with E-state index in [-0.39, 0.29) is 6.10 Å². The fourth-order valence-corrected chi connectivity index (χ4v) is 2.39. The Balaban J connectivity index is 1.60. The number of thiocarbonyl (C=S) groups is 1. The maximum atomic E-state index is 5.84. The van der Waals surface area contributed by atoms with Crippen molar-refractivity contribution in [2.75, 3.05) is 18.5 Å². The number of anilines is 1. The lowest BCUT2D eigenvalue weighted by Gasteiger charge is -2.14. The molecule has 0 unspecified atom stereocenters. The van der Waals surface area contributed by atoms with Gasteiger partial charge in [-0.05, 0) is 50.2 Å². The van der Waals surface area contributed by atoms with E-state index in [0.29, 0.717) is 11.7 Å². The Morgan fingerprint density at radius 2 is 1.78 bits per heavy atom. The zero-order valence-electron chi connectivity index (χ0n) is 13.7. The van der Waals surface area contributed by atoms with Crippen molar-refractivity contribution < 1.29 is 4.74 Å². The van der Waals surface area contributed by atoms with Crippen LogP contribution in [0.15, 0.2) is 54.6 Å². The van der Waals surface area contributed by atoms with Gasteiger partial charge in [0.05, 0.1) is 6.10 Å². The smallest absolute Gasteiger partial charge is 0.170 e. The standard InChI is InChI=1S/C19H24N2OS/c1-15-9-11-18(12-10-15)21-19(23)20-13-6-14-22-16(2)17-7-4-3-5-8-17/h3-5,7-12,16H,6,13-14H2,1-2H3,(H2,20,21,23)/t16-/m0/s1. The third-order valence-corrected chi connectivity index (χ3v) is 3.80. The average Bonchev–Trinajstić information content (AvgIpc) is 2.57. The van der Waals surface area contributed by atoms with Gasteiger partial charge in [0.2, 0.25) is 0 Å². The van der Waals surface area contributed by atoms with Crippen molar-refractivity contribution in [2.45, 2.75) is 26.4 Å². The van der Waals surface area contributed by atoms with Gasteiger partial charge in [0.15, 0.2) is 5.11 Å². The third kappa shape index (κ3) is 6.38. The van der Waals surface area contributed by atoms with Crippen molar-refractivity contribution in [3.8, 4) is 0 Å². The van der Waals surface area contributed by atoms with Crippen molar-refractivity contribution in [2.24, 2.45) is 0 Å². The van der Waals surface area contributed by atoms with Crippen LogP contribution in [0.5, 0.6) is 0 Å². The van der Waals surface area contributed by atoms with E-state index >= 15 is 0 Å². The minimum atomic E-state index is 0.119. The number of nitrogens with one attached hydrogen (secondary N) is 2. The largest absolute Gasteiger partial charge is 0.374 e. The molecule has 3 nitrogen and oxygen atoms in total. The predicted molar refractivity (Wildman–Crippen MR) is 101 cm³/mol. The molecular weight excluding hydrogens is 304 g/mol. The highest BCUT2D eigenvalue weighted by Crippen LogP contribution is 2.15. The lowest BCUT2D eigenvalue weighted by molar-refractivity contribution is 0.0646. The molecule has 0 saturated heterocycles. The molecule has 0 spiro atoms. The van der Waals surface area contributed by atoms with Crippen LogP contribution in [0, 0.1) is 6.92 Å². The van der Waals surface area contributed by atoms with Gasteiger partial charge < -0.3 is 15.4 Å². The molecule has 122 valence electrons.